The van der Waals surface area contributed by atoms with Gasteiger partial charge in [0.05, 0.1) is 18.0 Å². The first kappa shape index (κ1) is 12.0. The third kappa shape index (κ3) is 3.49. The van der Waals surface area contributed by atoms with Crippen LogP contribution in [0.2, 0.25) is 0 Å². The van der Waals surface area contributed by atoms with Crippen molar-refractivity contribution in [2.45, 2.75) is 0 Å². The van der Waals surface area contributed by atoms with Crippen LogP contribution in [0.3, 0.4) is 0 Å². The molecule has 0 radical (unpaired) electrons. The summed E-state index contributed by atoms with van der Waals surface area (Å²) in [7, 11) is 0. The highest BCUT2D eigenvalue weighted by Gasteiger charge is 2.05. The number of nitro groups is 1. The molecule has 0 heterocycles. The SMILES string of the molecule is [2H]/C(=N/OC(=O)c1ccccc1)c1ccc([N+](=O)[O-])cc1. The van der Waals surface area contributed by atoms with E-state index in [9.17, 15) is 14.9 Å². The third-order valence-electron chi connectivity index (χ3n) is 2.39. The molecule has 0 fully saturated rings. The summed E-state index contributed by atoms with van der Waals surface area (Å²) in [4.78, 5) is 26.2. The zero-order valence-electron chi connectivity index (χ0n) is 11.2. The second-order valence-corrected chi connectivity index (χ2v) is 3.75. The van der Waals surface area contributed by atoms with Gasteiger partial charge in [-0.3, -0.25) is 10.1 Å². The first-order valence-electron chi connectivity index (χ1n) is 6.14. The van der Waals surface area contributed by atoms with Crippen molar-refractivity contribution in [1.82, 2.24) is 0 Å². The number of hydrogen-bond donors (Lipinski definition) is 0. The van der Waals surface area contributed by atoms with Crippen molar-refractivity contribution < 1.29 is 15.9 Å². The van der Waals surface area contributed by atoms with Gasteiger partial charge in [-0.15, -0.1) is 0 Å². The Balaban J connectivity index is 2.07. The highest BCUT2D eigenvalue weighted by molar-refractivity contribution is 5.90. The van der Waals surface area contributed by atoms with Crippen molar-refractivity contribution in [2.75, 3.05) is 0 Å². The molecule has 2 aromatic rings. The quantitative estimate of drug-likeness (QED) is 0.370. The van der Waals surface area contributed by atoms with Crippen LogP contribution in [0.4, 0.5) is 5.69 Å². The number of carbonyl (C=O) groups excluding carboxylic acids is 1. The van der Waals surface area contributed by atoms with Crippen LogP contribution in [0.15, 0.2) is 59.8 Å². The van der Waals surface area contributed by atoms with Gasteiger partial charge in [0, 0.05) is 12.1 Å². The topological polar surface area (TPSA) is 81.8 Å². The maximum Gasteiger partial charge on any atom is 0.365 e. The van der Waals surface area contributed by atoms with E-state index >= 15 is 0 Å². The average molecular weight is 271 g/mol. The van der Waals surface area contributed by atoms with Crippen LogP contribution in [0.5, 0.6) is 0 Å². The van der Waals surface area contributed by atoms with E-state index < -0.39 is 10.9 Å². The highest BCUT2D eigenvalue weighted by atomic mass is 16.7. The Morgan fingerprint density at radius 2 is 1.85 bits per heavy atom. The number of carbonyl (C=O) groups is 1. The summed E-state index contributed by atoms with van der Waals surface area (Å²) in [5.74, 6) is -0.678. The molecular formula is C14H10N2O4. The number of non-ortho nitro benzene ring substituents is 1. The minimum absolute atomic E-state index is 0.0900. The minimum atomic E-state index is -0.678. The fourth-order valence-electron chi connectivity index (χ4n) is 1.40. The molecule has 100 valence electrons. The van der Waals surface area contributed by atoms with Crippen LogP contribution >= 0.6 is 0 Å². The molecule has 0 aromatic heterocycles. The van der Waals surface area contributed by atoms with E-state index in [-0.39, 0.29) is 11.9 Å². The molecule has 0 atom stereocenters. The van der Waals surface area contributed by atoms with Crippen LogP contribution in [0.25, 0.3) is 0 Å². The maximum atomic E-state index is 11.6. The largest absolute Gasteiger partial charge is 0.365 e. The van der Waals surface area contributed by atoms with Crippen molar-refractivity contribution in [2.24, 2.45) is 5.16 Å². The third-order valence-corrected chi connectivity index (χ3v) is 2.39. The number of nitro benzene ring substituents is 1. The smallest absolute Gasteiger partial charge is 0.313 e. The van der Waals surface area contributed by atoms with E-state index in [0.717, 1.165) is 0 Å². The summed E-state index contributed by atoms with van der Waals surface area (Å²) in [6.45, 7) is 0. The summed E-state index contributed by atoms with van der Waals surface area (Å²) >= 11 is 0. The molecule has 0 amide bonds. The van der Waals surface area contributed by atoms with Crippen molar-refractivity contribution in [3.05, 3.63) is 75.8 Å². The van der Waals surface area contributed by atoms with Gasteiger partial charge < -0.3 is 4.84 Å². The van der Waals surface area contributed by atoms with Gasteiger partial charge >= 0.3 is 5.97 Å². The van der Waals surface area contributed by atoms with Crippen LogP contribution in [0, 0.1) is 10.1 Å². The summed E-state index contributed by atoms with van der Waals surface area (Å²) in [5, 5.41) is 13.9. The molecular weight excluding hydrogens is 260 g/mol. The molecule has 0 saturated heterocycles. The van der Waals surface area contributed by atoms with Gasteiger partial charge in [0.15, 0.2) is 0 Å². The van der Waals surface area contributed by atoms with Crippen LogP contribution < -0.4 is 0 Å². The number of nitrogens with zero attached hydrogens (tertiary/aromatic N) is 2. The van der Waals surface area contributed by atoms with Gasteiger partial charge in [0.1, 0.15) is 0 Å². The maximum absolute atomic E-state index is 11.6. The number of rotatable bonds is 4. The molecule has 0 aliphatic heterocycles. The molecule has 20 heavy (non-hydrogen) atoms. The molecule has 6 heteroatoms. The number of hydrogen-bond acceptors (Lipinski definition) is 5. The molecule has 0 aliphatic rings. The Morgan fingerprint density at radius 1 is 1.20 bits per heavy atom. The molecule has 0 N–H and O–H groups in total. The van der Waals surface area contributed by atoms with Gasteiger partial charge in [-0.05, 0) is 29.8 Å². The second-order valence-electron chi connectivity index (χ2n) is 3.75. The standard InChI is InChI=1S/C14H10N2O4/c17-14(12-4-2-1-3-5-12)20-15-10-11-6-8-13(9-7-11)16(18)19/h1-10H/b15-10-/i10D. The van der Waals surface area contributed by atoms with Gasteiger partial charge in [0.2, 0.25) is 0 Å². The fourth-order valence-corrected chi connectivity index (χ4v) is 1.40. The Kier molecular flexibility index (Phi) is 3.75. The zero-order valence-corrected chi connectivity index (χ0v) is 10.2. The van der Waals surface area contributed by atoms with Crippen molar-refractivity contribution in [1.29, 1.82) is 0 Å². The number of benzene rings is 2. The lowest BCUT2D eigenvalue weighted by molar-refractivity contribution is -0.384. The van der Waals surface area contributed by atoms with Gasteiger partial charge in [-0.2, -0.15) is 0 Å². The Labute approximate surface area is 115 Å². The molecule has 2 aromatic carbocycles. The van der Waals surface area contributed by atoms with E-state index in [2.05, 4.69) is 9.99 Å². The monoisotopic (exact) mass is 271 g/mol. The van der Waals surface area contributed by atoms with E-state index in [1.807, 2.05) is 0 Å². The Hall–Kier alpha value is -3.02. The molecule has 0 unspecified atom stereocenters. The fraction of sp³-hybridized carbons (Fsp3) is 0. The first-order valence-corrected chi connectivity index (χ1v) is 5.64. The van der Waals surface area contributed by atoms with Gasteiger partial charge in [-0.25, -0.2) is 4.79 Å². The summed E-state index contributed by atoms with van der Waals surface area (Å²) < 4.78 is 7.65. The van der Waals surface area contributed by atoms with Crippen LogP contribution in [-0.4, -0.2) is 17.1 Å². The normalized spacial score (nSPS) is 11.6. The molecule has 0 spiro atoms. The summed E-state index contributed by atoms with van der Waals surface area (Å²) in [6, 6.07) is 13.5. The van der Waals surface area contributed by atoms with E-state index in [1.165, 1.54) is 24.3 Å². The number of oxime groups is 1. The lowest BCUT2D eigenvalue weighted by Crippen LogP contribution is -2.00. The first-order chi connectivity index (χ1) is 10.1. The molecule has 0 bridgehead atoms. The predicted octanol–water partition coefficient (Wildman–Crippen LogP) is 2.79. The highest BCUT2D eigenvalue weighted by Crippen LogP contribution is 2.10. The van der Waals surface area contributed by atoms with E-state index in [1.54, 1.807) is 30.3 Å². The van der Waals surface area contributed by atoms with Crippen molar-refractivity contribution in [3.8, 4) is 0 Å². The molecule has 6 nitrogen and oxygen atoms in total. The lowest BCUT2D eigenvalue weighted by atomic mass is 10.2. The average Bonchev–Trinajstić information content (AvgIpc) is 2.53. The van der Waals surface area contributed by atoms with Crippen molar-refractivity contribution >= 4 is 17.8 Å². The summed E-state index contributed by atoms with van der Waals surface area (Å²) in [5.41, 5.74) is 0.534. The lowest BCUT2D eigenvalue weighted by Gasteiger charge is -1.97. The molecule has 0 aliphatic carbocycles. The van der Waals surface area contributed by atoms with E-state index in [4.69, 9.17) is 1.37 Å². The van der Waals surface area contributed by atoms with Crippen molar-refractivity contribution in [3.63, 3.8) is 0 Å². The molecule has 2 rings (SSSR count). The Bertz CT molecular complexity index is 684. The van der Waals surface area contributed by atoms with Crippen LogP contribution in [0.1, 0.15) is 17.3 Å². The zero-order chi connectivity index (χ0) is 15.2. The van der Waals surface area contributed by atoms with Gasteiger partial charge in [0.25, 0.3) is 5.69 Å². The molecule has 0 saturated carbocycles. The second kappa shape index (κ2) is 6.24. The van der Waals surface area contributed by atoms with E-state index in [0.29, 0.717) is 11.1 Å². The Morgan fingerprint density at radius 3 is 2.45 bits per heavy atom. The summed E-state index contributed by atoms with van der Waals surface area (Å²) in [6.07, 6.45) is -0.297. The van der Waals surface area contributed by atoms with Gasteiger partial charge in [-0.1, -0.05) is 23.4 Å². The minimum Gasteiger partial charge on any atom is -0.313 e. The van der Waals surface area contributed by atoms with Crippen LogP contribution in [-0.2, 0) is 4.84 Å². The predicted molar refractivity (Wildman–Crippen MR) is 72.5 cm³/mol.